The lowest BCUT2D eigenvalue weighted by atomic mass is 10.1. The maximum atomic E-state index is 13.2. The van der Waals surface area contributed by atoms with Crippen LogP contribution < -0.4 is 4.74 Å². The van der Waals surface area contributed by atoms with Crippen molar-refractivity contribution in [2.24, 2.45) is 0 Å². The summed E-state index contributed by atoms with van der Waals surface area (Å²) in [5, 5.41) is 0.395. The van der Waals surface area contributed by atoms with Crippen molar-refractivity contribution < 1.29 is 27.9 Å². The van der Waals surface area contributed by atoms with Crippen molar-refractivity contribution in [3.05, 3.63) is 64.4 Å². The molecule has 2 aromatic rings. The minimum atomic E-state index is -3.92. The molecule has 4 atom stereocenters. The normalized spacial score (nSPS) is 21.1. The van der Waals surface area contributed by atoms with Crippen molar-refractivity contribution in [3.8, 4) is 5.75 Å². The van der Waals surface area contributed by atoms with Crippen LogP contribution in [0.2, 0.25) is 5.02 Å². The number of carbonyl (C=O) groups excluding carboxylic acids is 1. The molecule has 2 aromatic carbocycles. The van der Waals surface area contributed by atoms with Gasteiger partial charge in [0, 0.05) is 42.3 Å². The van der Waals surface area contributed by atoms with E-state index in [0.29, 0.717) is 42.4 Å². The van der Waals surface area contributed by atoms with Gasteiger partial charge in [-0.1, -0.05) is 30.7 Å². The van der Waals surface area contributed by atoms with Crippen molar-refractivity contribution >= 4 is 25.1 Å². The van der Waals surface area contributed by atoms with Crippen LogP contribution in [0.3, 0.4) is 0 Å². The van der Waals surface area contributed by atoms with Crippen molar-refractivity contribution in [1.82, 2.24) is 9.80 Å². The molecule has 0 saturated carbocycles. The lowest BCUT2D eigenvalue weighted by Gasteiger charge is -2.44. The summed E-state index contributed by atoms with van der Waals surface area (Å²) < 4.78 is 36.9. The highest BCUT2D eigenvalue weighted by Gasteiger charge is 2.32. The van der Waals surface area contributed by atoms with Crippen LogP contribution in [0.15, 0.2) is 42.5 Å². The third-order valence-electron chi connectivity index (χ3n) is 6.40. The summed E-state index contributed by atoms with van der Waals surface area (Å²) in [7, 11) is -3.92. The molecular weight excluding hydrogens is 506 g/mol. The van der Waals surface area contributed by atoms with Crippen LogP contribution in [0.5, 0.6) is 5.75 Å². The molecule has 7 nitrogen and oxygen atoms in total. The first kappa shape index (κ1) is 28.6. The number of hydrogen-bond acceptors (Lipinski definition) is 5. The molecule has 0 aliphatic carbocycles. The fraction of sp³-hybridized carbons (Fsp3) is 0.500. The quantitative estimate of drug-likeness (QED) is 0.402. The highest BCUT2D eigenvalue weighted by molar-refractivity contribution is 7.52. The number of halogens is 2. The van der Waals surface area contributed by atoms with Gasteiger partial charge in [0.15, 0.2) is 6.61 Å². The van der Waals surface area contributed by atoms with Crippen LogP contribution in [-0.2, 0) is 26.6 Å². The zero-order valence-corrected chi connectivity index (χ0v) is 22.8. The van der Waals surface area contributed by atoms with E-state index in [1.807, 2.05) is 13.8 Å². The molecule has 2 unspecified atom stereocenters. The second-order valence-electron chi connectivity index (χ2n) is 9.46. The molecule has 10 heteroatoms. The Kier molecular flexibility index (Phi) is 9.95. The molecule has 1 N–H and O–H groups in total. The van der Waals surface area contributed by atoms with E-state index in [4.69, 9.17) is 20.9 Å². The summed E-state index contributed by atoms with van der Waals surface area (Å²) in [5.41, 5.74) is 1.43. The zero-order chi connectivity index (χ0) is 26.5. The van der Waals surface area contributed by atoms with E-state index in [9.17, 15) is 18.6 Å². The number of hydrogen-bond donors (Lipinski definition) is 1. The van der Waals surface area contributed by atoms with Gasteiger partial charge in [0.1, 0.15) is 11.6 Å². The van der Waals surface area contributed by atoms with Gasteiger partial charge in [0.2, 0.25) is 0 Å². The molecular formula is C26H35ClFN2O5P. The van der Waals surface area contributed by atoms with E-state index < -0.39 is 7.60 Å². The summed E-state index contributed by atoms with van der Waals surface area (Å²) in [6, 6.07) is 11.3. The molecule has 0 radical (unpaired) electrons. The van der Waals surface area contributed by atoms with Gasteiger partial charge in [0.05, 0.1) is 12.3 Å². The van der Waals surface area contributed by atoms with Crippen molar-refractivity contribution in [1.29, 1.82) is 0 Å². The molecule has 3 rings (SSSR count). The number of rotatable bonds is 10. The van der Waals surface area contributed by atoms with E-state index in [2.05, 4.69) is 11.8 Å². The molecule has 1 aliphatic heterocycles. The minimum Gasteiger partial charge on any atom is -0.483 e. The van der Waals surface area contributed by atoms with E-state index in [1.165, 1.54) is 12.1 Å². The average molecular weight is 541 g/mol. The Labute approximate surface area is 217 Å². The topological polar surface area (TPSA) is 79.3 Å². The molecule has 36 heavy (non-hydrogen) atoms. The fourth-order valence-electron chi connectivity index (χ4n) is 4.23. The van der Waals surface area contributed by atoms with E-state index >= 15 is 0 Å². The Morgan fingerprint density at radius 1 is 1.19 bits per heavy atom. The summed E-state index contributed by atoms with van der Waals surface area (Å²) in [6.45, 7) is 9.34. The standard InChI is InChI=1S/C26H35ClFN2O5P/c1-5-20(4)35-36(32,33)17-22-12-23(27)8-11-25(22)34-16-26(31)30-14-18(2)29(13-19(30)3)15-21-6-9-24(28)10-7-21/h6-12,18-20H,5,13-17H2,1-4H3,(H,32,33)/t18-,19+,20?/m0/s1. The lowest BCUT2D eigenvalue weighted by Crippen LogP contribution is -2.58. The maximum Gasteiger partial charge on any atom is 0.332 e. The molecule has 0 aromatic heterocycles. The van der Waals surface area contributed by atoms with Crippen LogP contribution in [0.25, 0.3) is 0 Å². The highest BCUT2D eigenvalue weighted by atomic mass is 35.5. The third kappa shape index (κ3) is 8.02. The second-order valence-corrected chi connectivity index (χ2v) is 11.7. The van der Waals surface area contributed by atoms with E-state index in [0.717, 1.165) is 5.56 Å². The lowest BCUT2D eigenvalue weighted by molar-refractivity contribution is -0.139. The predicted molar refractivity (Wildman–Crippen MR) is 139 cm³/mol. The van der Waals surface area contributed by atoms with E-state index in [-0.39, 0.29) is 42.7 Å². The number of ether oxygens (including phenoxy) is 1. The van der Waals surface area contributed by atoms with Gasteiger partial charge in [-0.05, 0) is 63.1 Å². The monoisotopic (exact) mass is 540 g/mol. The van der Waals surface area contributed by atoms with Gasteiger partial charge in [-0.3, -0.25) is 14.3 Å². The average Bonchev–Trinajstić information content (AvgIpc) is 2.81. The highest BCUT2D eigenvalue weighted by Crippen LogP contribution is 2.49. The van der Waals surface area contributed by atoms with Crippen LogP contribution >= 0.6 is 19.2 Å². The molecule has 198 valence electrons. The van der Waals surface area contributed by atoms with Crippen LogP contribution in [0.4, 0.5) is 4.39 Å². The van der Waals surface area contributed by atoms with Gasteiger partial charge < -0.3 is 19.1 Å². The number of benzene rings is 2. The Bertz CT molecular complexity index is 1090. The Hall–Kier alpha value is -1.96. The van der Waals surface area contributed by atoms with Crippen LogP contribution in [-0.4, -0.2) is 58.5 Å². The summed E-state index contributed by atoms with van der Waals surface area (Å²) in [6.07, 6.45) is -0.0287. The van der Waals surface area contributed by atoms with E-state index in [1.54, 1.807) is 42.2 Å². The molecule has 1 fully saturated rings. The summed E-state index contributed by atoms with van der Waals surface area (Å²) in [5.74, 6) is -0.102. The van der Waals surface area contributed by atoms with Crippen LogP contribution in [0, 0.1) is 5.82 Å². The Morgan fingerprint density at radius 2 is 1.89 bits per heavy atom. The number of amides is 1. The predicted octanol–water partition coefficient (Wildman–Crippen LogP) is 5.48. The fourth-order valence-corrected chi connectivity index (χ4v) is 5.89. The zero-order valence-electron chi connectivity index (χ0n) is 21.2. The first-order valence-corrected chi connectivity index (χ1v) is 14.3. The van der Waals surface area contributed by atoms with Gasteiger partial charge >= 0.3 is 7.60 Å². The van der Waals surface area contributed by atoms with Crippen molar-refractivity contribution in [2.75, 3.05) is 19.7 Å². The van der Waals surface area contributed by atoms with Gasteiger partial charge in [0.25, 0.3) is 5.91 Å². The molecule has 1 saturated heterocycles. The number of piperazine rings is 1. The minimum absolute atomic E-state index is 0.0379. The SMILES string of the molecule is CCC(C)OP(=O)(O)Cc1cc(Cl)ccc1OCC(=O)N1C[C@H](C)N(Cc2ccc(F)cc2)C[C@H]1C. The molecule has 1 aliphatic rings. The van der Waals surface area contributed by atoms with Crippen molar-refractivity contribution in [2.45, 2.75) is 65.0 Å². The first-order valence-electron chi connectivity index (χ1n) is 12.2. The number of nitrogens with zero attached hydrogens (tertiary/aromatic N) is 2. The Balaban J connectivity index is 1.61. The van der Waals surface area contributed by atoms with Gasteiger partial charge in [-0.2, -0.15) is 0 Å². The molecule has 0 spiro atoms. The van der Waals surface area contributed by atoms with Gasteiger partial charge in [-0.25, -0.2) is 4.39 Å². The van der Waals surface area contributed by atoms with Crippen LogP contribution in [0.1, 0.15) is 45.2 Å². The molecule has 0 bridgehead atoms. The molecule has 1 amide bonds. The smallest absolute Gasteiger partial charge is 0.332 e. The second kappa shape index (κ2) is 12.5. The molecule has 1 heterocycles. The third-order valence-corrected chi connectivity index (χ3v) is 8.06. The summed E-state index contributed by atoms with van der Waals surface area (Å²) >= 11 is 6.11. The summed E-state index contributed by atoms with van der Waals surface area (Å²) in [4.78, 5) is 27.4. The Morgan fingerprint density at radius 3 is 2.56 bits per heavy atom. The first-order chi connectivity index (χ1) is 17.0. The maximum absolute atomic E-state index is 13.2. The largest absolute Gasteiger partial charge is 0.483 e. The van der Waals surface area contributed by atoms with Gasteiger partial charge in [-0.15, -0.1) is 0 Å². The number of carbonyl (C=O) groups is 1. The van der Waals surface area contributed by atoms with Crippen molar-refractivity contribution in [3.63, 3.8) is 0 Å².